The third-order valence-corrected chi connectivity index (χ3v) is 4.67. The molecule has 0 bridgehead atoms. The Hall–Kier alpha value is -2.25. The van der Waals surface area contributed by atoms with Gasteiger partial charge in [-0.3, -0.25) is 4.98 Å². The first-order valence-electron chi connectivity index (χ1n) is 7.60. The Morgan fingerprint density at radius 2 is 1.74 bits per heavy atom. The van der Waals surface area contributed by atoms with Gasteiger partial charge in [-0.2, -0.15) is 31.6 Å². The summed E-state index contributed by atoms with van der Waals surface area (Å²) in [5.41, 5.74) is -1.14. The monoisotopic (exact) mass is 405 g/mol. The van der Waals surface area contributed by atoms with Crippen molar-refractivity contribution in [3.05, 3.63) is 59.4 Å². The Balaban J connectivity index is 2.37. The first kappa shape index (κ1) is 21.1. The maximum absolute atomic E-state index is 13.7. The molecular weight excluding hydrogens is 392 g/mol. The minimum atomic E-state index is -4.72. The number of aromatic nitrogens is 1. The minimum Gasteiger partial charge on any atom is -0.262 e. The fraction of sp³-hybridized carbons (Fsp3) is 0.294. The molecule has 0 radical (unpaired) electrons. The molecule has 0 amide bonds. The first-order chi connectivity index (χ1) is 12.6. The fourth-order valence-corrected chi connectivity index (χ4v) is 3.37. The largest absolute Gasteiger partial charge is 0.416 e. The predicted molar refractivity (Wildman–Crippen MR) is 87.4 cm³/mol. The summed E-state index contributed by atoms with van der Waals surface area (Å²) in [6.07, 6.45) is -6.76. The third-order valence-electron chi connectivity index (χ3n) is 3.53. The number of rotatable bonds is 5. The highest BCUT2D eigenvalue weighted by Crippen LogP contribution is 2.43. The van der Waals surface area contributed by atoms with Gasteiger partial charge in [0.25, 0.3) is 0 Å². The van der Waals surface area contributed by atoms with Crippen LogP contribution in [0.25, 0.3) is 0 Å². The molecule has 1 unspecified atom stereocenters. The Kier molecular flexibility index (Phi) is 6.38. The molecule has 1 heterocycles. The van der Waals surface area contributed by atoms with Crippen LogP contribution in [0.1, 0.15) is 29.7 Å². The molecule has 1 atom stereocenters. The lowest BCUT2D eigenvalue weighted by molar-refractivity contribution is -0.172. The number of halogens is 6. The van der Waals surface area contributed by atoms with Crippen molar-refractivity contribution in [2.24, 2.45) is 0 Å². The quantitative estimate of drug-likeness (QED) is 0.479. The Morgan fingerprint density at radius 3 is 2.22 bits per heavy atom. The van der Waals surface area contributed by atoms with Crippen molar-refractivity contribution in [2.45, 2.75) is 30.2 Å². The molecule has 27 heavy (non-hydrogen) atoms. The van der Waals surface area contributed by atoms with E-state index in [-0.39, 0.29) is 17.7 Å². The van der Waals surface area contributed by atoms with Crippen LogP contribution in [0, 0.1) is 11.3 Å². The van der Waals surface area contributed by atoms with Crippen molar-refractivity contribution in [2.75, 3.05) is 6.54 Å². The van der Waals surface area contributed by atoms with Gasteiger partial charge in [-0.1, -0.05) is 19.1 Å². The predicted octanol–water partition coefficient (Wildman–Crippen LogP) is 5.60. The topological polar surface area (TPSA) is 39.9 Å². The van der Waals surface area contributed by atoms with Crippen LogP contribution < -0.4 is 0 Å². The fourth-order valence-electron chi connectivity index (χ4n) is 2.34. The average molecular weight is 405 g/mol. The minimum absolute atomic E-state index is 0.0490. The molecule has 2 aromatic rings. The van der Waals surface area contributed by atoms with Gasteiger partial charge in [0.05, 0.1) is 11.1 Å². The zero-order valence-corrected chi connectivity index (χ0v) is 14.7. The van der Waals surface area contributed by atoms with Crippen LogP contribution in [0.3, 0.4) is 0 Å². The molecule has 0 spiro atoms. The standard InChI is InChI=1S/C17H13F6N3S/c1-2-26(27-14-7-11(8-24)9-25-10-14)15(17(21,22)23)12-3-5-13(6-4-12)16(18,19)20/h3-7,9-10,15H,2H2,1H3. The van der Waals surface area contributed by atoms with Gasteiger partial charge in [-0.05, 0) is 35.7 Å². The number of nitriles is 1. The molecule has 0 aliphatic heterocycles. The second kappa shape index (κ2) is 8.19. The van der Waals surface area contributed by atoms with E-state index in [9.17, 15) is 26.3 Å². The van der Waals surface area contributed by atoms with Crippen LogP contribution in [-0.2, 0) is 6.18 Å². The summed E-state index contributed by atoms with van der Waals surface area (Å²) in [5.74, 6) is 0. The van der Waals surface area contributed by atoms with E-state index in [0.717, 1.165) is 28.4 Å². The van der Waals surface area contributed by atoms with Gasteiger partial charge < -0.3 is 0 Å². The molecule has 0 saturated carbocycles. The van der Waals surface area contributed by atoms with Crippen LogP contribution in [0.2, 0.25) is 0 Å². The van der Waals surface area contributed by atoms with Crippen LogP contribution in [0.5, 0.6) is 0 Å². The molecule has 1 aromatic carbocycles. The maximum atomic E-state index is 13.7. The second-order valence-corrected chi connectivity index (χ2v) is 6.53. The summed E-state index contributed by atoms with van der Waals surface area (Å²) in [6.45, 7) is 1.45. The van der Waals surface area contributed by atoms with Crippen molar-refractivity contribution >= 4 is 11.9 Å². The van der Waals surface area contributed by atoms with Gasteiger partial charge in [0.1, 0.15) is 12.1 Å². The number of benzene rings is 1. The van der Waals surface area contributed by atoms with Crippen molar-refractivity contribution < 1.29 is 26.3 Å². The van der Waals surface area contributed by atoms with E-state index in [2.05, 4.69) is 4.98 Å². The van der Waals surface area contributed by atoms with Gasteiger partial charge in [0.2, 0.25) is 0 Å². The molecular formula is C17H13F6N3S. The highest BCUT2D eigenvalue weighted by Gasteiger charge is 2.45. The second-order valence-electron chi connectivity index (χ2n) is 5.41. The number of hydrogen-bond acceptors (Lipinski definition) is 4. The van der Waals surface area contributed by atoms with E-state index < -0.39 is 24.0 Å². The summed E-state index contributed by atoms with van der Waals surface area (Å²) in [6, 6.07) is 4.03. The first-order valence-corrected chi connectivity index (χ1v) is 8.37. The Labute approximate surface area is 155 Å². The van der Waals surface area contributed by atoms with Crippen molar-refractivity contribution in [1.29, 1.82) is 5.26 Å². The third kappa shape index (κ3) is 5.37. The van der Waals surface area contributed by atoms with Gasteiger partial charge in [-0.15, -0.1) is 0 Å². The van der Waals surface area contributed by atoms with E-state index in [1.165, 1.54) is 25.4 Å². The highest BCUT2D eigenvalue weighted by atomic mass is 32.2. The van der Waals surface area contributed by atoms with Gasteiger partial charge in [-0.25, -0.2) is 4.31 Å². The number of alkyl halides is 6. The summed E-state index contributed by atoms with van der Waals surface area (Å²) in [7, 11) is 0. The summed E-state index contributed by atoms with van der Waals surface area (Å²) in [5, 5.41) is 8.88. The van der Waals surface area contributed by atoms with Gasteiger partial charge in [0, 0.05) is 23.8 Å². The van der Waals surface area contributed by atoms with Crippen LogP contribution in [0.15, 0.2) is 47.6 Å². The molecule has 0 aliphatic rings. The summed E-state index contributed by atoms with van der Waals surface area (Å²) < 4.78 is 80.0. The lowest BCUT2D eigenvalue weighted by Crippen LogP contribution is -2.34. The highest BCUT2D eigenvalue weighted by molar-refractivity contribution is 7.97. The Bertz CT molecular complexity index is 811. The molecule has 1 aromatic heterocycles. The number of nitrogens with zero attached hydrogens (tertiary/aromatic N) is 3. The van der Waals surface area contributed by atoms with E-state index in [4.69, 9.17) is 5.26 Å². The maximum Gasteiger partial charge on any atom is 0.416 e. The lowest BCUT2D eigenvalue weighted by atomic mass is 10.0. The molecule has 2 rings (SSSR count). The van der Waals surface area contributed by atoms with E-state index in [1.54, 1.807) is 0 Å². The SMILES string of the molecule is CCN(Sc1cncc(C#N)c1)C(c1ccc(C(F)(F)F)cc1)C(F)(F)F. The Morgan fingerprint density at radius 1 is 1.11 bits per heavy atom. The van der Waals surface area contributed by atoms with Crippen molar-refractivity contribution in [1.82, 2.24) is 9.29 Å². The normalized spacial score (nSPS) is 13.4. The number of pyridine rings is 1. The zero-order valence-electron chi connectivity index (χ0n) is 13.8. The summed E-state index contributed by atoms with van der Waals surface area (Å²) >= 11 is 0.735. The van der Waals surface area contributed by atoms with Crippen LogP contribution in [0.4, 0.5) is 26.3 Å². The van der Waals surface area contributed by atoms with Gasteiger partial charge in [0.15, 0.2) is 0 Å². The number of hydrogen-bond donors (Lipinski definition) is 0. The molecule has 10 heteroatoms. The van der Waals surface area contributed by atoms with Crippen LogP contribution >= 0.6 is 11.9 Å². The average Bonchev–Trinajstić information content (AvgIpc) is 2.60. The molecule has 0 fully saturated rings. The summed E-state index contributed by atoms with van der Waals surface area (Å²) in [4.78, 5) is 4.12. The van der Waals surface area contributed by atoms with Crippen molar-refractivity contribution in [3.63, 3.8) is 0 Å². The molecule has 144 valence electrons. The van der Waals surface area contributed by atoms with Crippen molar-refractivity contribution in [3.8, 4) is 6.07 Å². The zero-order chi connectivity index (χ0) is 20.2. The molecule has 0 N–H and O–H groups in total. The molecule has 0 saturated heterocycles. The molecule has 0 aliphatic carbocycles. The van der Waals surface area contributed by atoms with E-state index in [1.807, 2.05) is 6.07 Å². The van der Waals surface area contributed by atoms with E-state index in [0.29, 0.717) is 17.0 Å². The smallest absolute Gasteiger partial charge is 0.262 e. The molecule has 3 nitrogen and oxygen atoms in total. The van der Waals surface area contributed by atoms with Crippen LogP contribution in [-0.4, -0.2) is 22.0 Å². The van der Waals surface area contributed by atoms with Gasteiger partial charge >= 0.3 is 12.4 Å². The van der Waals surface area contributed by atoms with E-state index >= 15 is 0 Å². The lowest BCUT2D eigenvalue weighted by Gasteiger charge is -2.31.